The van der Waals surface area contributed by atoms with Crippen LogP contribution < -0.4 is 14.2 Å². The minimum atomic E-state index is -1.11. The lowest BCUT2D eigenvalue weighted by Crippen LogP contribution is -2.59. The van der Waals surface area contributed by atoms with Gasteiger partial charge in [-0.15, -0.1) is 0 Å². The summed E-state index contributed by atoms with van der Waals surface area (Å²) in [6, 6.07) is 5.45. The van der Waals surface area contributed by atoms with Gasteiger partial charge in [0, 0.05) is 17.4 Å². The molecule has 3 aromatic carbocycles. The number of hydrogen-bond donors (Lipinski definition) is 6. The number of fused-ring (bicyclic) bond motifs is 4. The number of aryl methyl sites for hydroxylation is 3. The molecule has 0 spiro atoms. The largest absolute Gasteiger partial charge is 0.507 e. The number of aromatic carboxylic acids is 3. The summed E-state index contributed by atoms with van der Waals surface area (Å²) in [5, 5.41) is 60.4. The molecule has 12 nitrogen and oxygen atoms in total. The molecule has 3 unspecified atom stereocenters. The predicted octanol–water partition coefficient (Wildman–Crippen LogP) is 16.3. The first-order valence-electron chi connectivity index (χ1n) is 26.8. The third-order valence-electron chi connectivity index (χ3n) is 16.0. The number of phenols is 3. The molecule has 3 heterocycles. The fourth-order valence-electron chi connectivity index (χ4n) is 12.2. The van der Waals surface area contributed by atoms with Crippen molar-refractivity contribution in [3.05, 3.63) is 104 Å². The minimum Gasteiger partial charge on any atom is -0.507 e. The Hall–Kier alpha value is -6.17. The number of unbranched alkanes of at least 4 members (excludes halogenated alkanes) is 2. The first-order chi connectivity index (χ1) is 34.8. The van der Waals surface area contributed by atoms with Crippen molar-refractivity contribution >= 4 is 30.1 Å². The van der Waals surface area contributed by atoms with Crippen molar-refractivity contribution in [3.63, 3.8) is 0 Å². The molecule has 0 bridgehead atoms. The van der Waals surface area contributed by atoms with E-state index >= 15 is 0 Å². The molecule has 3 aliphatic heterocycles. The van der Waals surface area contributed by atoms with Crippen molar-refractivity contribution in [2.24, 2.45) is 17.3 Å². The monoisotopic (exact) mass is 1050 g/mol. The average Bonchev–Trinajstić information content (AvgIpc) is 3.64. The third kappa shape index (κ3) is 12.8. The molecule has 0 aromatic heterocycles. The van der Waals surface area contributed by atoms with Gasteiger partial charge in [0.1, 0.15) is 68.0 Å². The second-order valence-electron chi connectivity index (χ2n) is 22.9. The van der Waals surface area contributed by atoms with Crippen LogP contribution in [0.15, 0.2) is 53.6 Å². The van der Waals surface area contributed by atoms with Gasteiger partial charge in [0.05, 0.1) is 11.1 Å². The summed E-state index contributed by atoms with van der Waals surface area (Å²) in [6.07, 6.45) is 23.8. The maximum atomic E-state index is 11.8. The molecule has 5 aliphatic rings. The number of allylic oxidation sites excluding steroid dienone is 4. The van der Waals surface area contributed by atoms with Crippen molar-refractivity contribution in [1.82, 2.24) is 0 Å². The number of rotatable bonds is 17. The van der Waals surface area contributed by atoms with Gasteiger partial charge in [-0.2, -0.15) is 0 Å². The summed E-state index contributed by atoms with van der Waals surface area (Å²) >= 11 is 0. The maximum Gasteiger partial charge on any atom is 0.339 e. The number of carbonyl (C=O) groups is 3. The zero-order valence-electron chi connectivity index (χ0n) is 46.0. The fraction of sp³-hybridized carbons (Fsp3) is 0.547. The van der Waals surface area contributed by atoms with E-state index in [9.17, 15) is 45.0 Å². The SMILES string of the molecule is C.C.CCCCCc1cc2c(c(O)c1C(=O)O)C=CC(C)(CCC=C(C)C)O2.CCCc1cc2c(c(O)c1C(=O)O)C=CC(C)(CCC=C(C)C)O2.CCCc1cc2c(c(O)c1C(=O)O)[C@@H]1[C@H]3C(CC[C@@]3(C)O2)C1(C)C. The fourth-order valence-corrected chi connectivity index (χ4v) is 12.2. The quantitative estimate of drug-likeness (QED) is 0.0553. The van der Waals surface area contributed by atoms with Crippen molar-refractivity contribution < 1.29 is 59.2 Å². The number of carboxylic acids is 3. The van der Waals surface area contributed by atoms with E-state index in [2.05, 4.69) is 67.5 Å². The Bertz CT molecular complexity index is 2750. The van der Waals surface area contributed by atoms with Gasteiger partial charge in [-0.3, -0.25) is 0 Å². The van der Waals surface area contributed by atoms with Crippen LogP contribution in [0.2, 0.25) is 0 Å². The highest BCUT2D eigenvalue weighted by Crippen LogP contribution is 2.74. The first-order valence-corrected chi connectivity index (χ1v) is 26.8. The lowest BCUT2D eigenvalue weighted by atomic mass is 9.45. The van der Waals surface area contributed by atoms with E-state index in [-0.39, 0.29) is 65.7 Å². The molecule has 6 atom stereocenters. The zero-order valence-corrected chi connectivity index (χ0v) is 46.0. The molecule has 2 fully saturated rings. The van der Waals surface area contributed by atoms with E-state index in [1.807, 2.05) is 45.9 Å². The number of benzene rings is 3. The van der Waals surface area contributed by atoms with E-state index in [1.165, 1.54) is 11.1 Å². The van der Waals surface area contributed by atoms with Crippen LogP contribution in [0.25, 0.3) is 12.2 Å². The van der Waals surface area contributed by atoms with Gasteiger partial charge >= 0.3 is 17.9 Å². The van der Waals surface area contributed by atoms with Gasteiger partial charge in [-0.1, -0.05) is 98.5 Å². The van der Waals surface area contributed by atoms with Crippen LogP contribution >= 0.6 is 0 Å². The molecule has 12 heteroatoms. The predicted molar refractivity (Wildman–Crippen MR) is 305 cm³/mol. The Morgan fingerprint density at radius 2 is 1.01 bits per heavy atom. The topological polar surface area (TPSA) is 200 Å². The highest BCUT2D eigenvalue weighted by molar-refractivity contribution is 5.96. The number of carboxylic acid groups (broad SMARTS) is 3. The average molecular weight is 1050 g/mol. The van der Waals surface area contributed by atoms with Crippen LogP contribution in [-0.4, -0.2) is 65.4 Å². The van der Waals surface area contributed by atoms with Gasteiger partial charge < -0.3 is 44.8 Å². The Morgan fingerprint density at radius 1 is 0.592 bits per heavy atom. The third-order valence-corrected chi connectivity index (χ3v) is 16.0. The van der Waals surface area contributed by atoms with Gasteiger partial charge in [0.2, 0.25) is 0 Å². The smallest absolute Gasteiger partial charge is 0.339 e. The van der Waals surface area contributed by atoms with E-state index in [0.29, 0.717) is 76.2 Å². The molecular formula is C64H90O12. The second kappa shape index (κ2) is 24.9. The highest BCUT2D eigenvalue weighted by Gasteiger charge is 2.69. The van der Waals surface area contributed by atoms with E-state index < -0.39 is 29.1 Å². The van der Waals surface area contributed by atoms with Crippen molar-refractivity contribution in [1.29, 1.82) is 0 Å². The minimum absolute atomic E-state index is 0. The van der Waals surface area contributed by atoms with Gasteiger partial charge in [0.25, 0.3) is 0 Å². The van der Waals surface area contributed by atoms with E-state index in [4.69, 9.17) is 14.2 Å². The van der Waals surface area contributed by atoms with Crippen LogP contribution in [0.3, 0.4) is 0 Å². The molecule has 2 saturated carbocycles. The Labute approximate surface area is 453 Å². The van der Waals surface area contributed by atoms with Crippen LogP contribution in [0.5, 0.6) is 34.5 Å². The number of aromatic hydroxyl groups is 3. The molecule has 0 saturated heterocycles. The number of hydrogen-bond acceptors (Lipinski definition) is 9. The van der Waals surface area contributed by atoms with Crippen molar-refractivity contribution in [2.45, 2.75) is 211 Å². The van der Waals surface area contributed by atoms with Crippen molar-refractivity contribution in [2.75, 3.05) is 0 Å². The van der Waals surface area contributed by atoms with E-state index in [1.54, 1.807) is 24.3 Å². The Morgan fingerprint density at radius 3 is 1.42 bits per heavy atom. The molecule has 8 rings (SSSR count). The van der Waals surface area contributed by atoms with Gasteiger partial charge in [0.15, 0.2) is 0 Å². The zero-order chi connectivity index (χ0) is 54.7. The molecule has 3 aromatic rings. The summed E-state index contributed by atoms with van der Waals surface area (Å²) in [6.45, 7) is 25.1. The number of ether oxygens (including phenoxy) is 3. The molecule has 6 N–H and O–H groups in total. The summed E-state index contributed by atoms with van der Waals surface area (Å²) < 4.78 is 18.7. The summed E-state index contributed by atoms with van der Waals surface area (Å²) in [5.41, 5.74) is 5.14. The highest BCUT2D eigenvalue weighted by atomic mass is 16.5. The van der Waals surface area contributed by atoms with Gasteiger partial charge in [-0.05, 0) is 183 Å². The normalized spacial score (nSPS) is 23.1. The first kappa shape index (κ1) is 62.4. The molecular weight excluding hydrogens is 961 g/mol. The second-order valence-corrected chi connectivity index (χ2v) is 22.9. The molecule has 0 amide bonds. The maximum absolute atomic E-state index is 11.8. The van der Waals surface area contributed by atoms with Crippen LogP contribution in [-0.2, 0) is 19.3 Å². The Balaban J connectivity index is 0.000000243. The lowest BCUT2D eigenvalue weighted by molar-refractivity contribution is -0.121. The van der Waals surface area contributed by atoms with Gasteiger partial charge in [-0.25, -0.2) is 14.4 Å². The summed E-state index contributed by atoms with van der Waals surface area (Å²) in [5.74, 6) is -0.731. The molecule has 0 radical (unpaired) electrons. The van der Waals surface area contributed by atoms with Crippen LogP contribution in [0, 0.1) is 17.3 Å². The van der Waals surface area contributed by atoms with E-state index in [0.717, 1.165) is 76.2 Å². The lowest BCUT2D eigenvalue weighted by Gasteiger charge is -2.62. The van der Waals surface area contributed by atoms with Crippen LogP contribution in [0.4, 0.5) is 0 Å². The van der Waals surface area contributed by atoms with Crippen molar-refractivity contribution in [3.8, 4) is 34.5 Å². The molecule has 76 heavy (non-hydrogen) atoms. The molecule has 2 aliphatic carbocycles. The molecule has 418 valence electrons. The van der Waals surface area contributed by atoms with Crippen LogP contribution in [0.1, 0.15) is 239 Å². The summed E-state index contributed by atoms with van der Waals surface area (Å²) in [7, 11) is 0. The summed E-state index contributed by atoms with van der Waals surface area (Å²) in [4.78, 5) is 34.9. The standard InChI is InChI=1S/C22H30O4.2C20H26O4.2CH4/c1-5-6-7-10-16-14-18-17(20(23)19(16)21(24)25)11-13-22(4,26-18)12-8-9-15(2)3;1-5-6-10-9-12-14(17(21)13(10)18(22)23)16-15-11(19(16,2)3)7-8-20(15,4)24-12;1-5-7-14-12-16-15(18(21)17(14)19(22)23)9-11-20(4,24-16)10-6-8-13(2)3;;/h9,11,13-14,23H,5-8,10,12H2,1-4H3,(H,24,25);9,11,15-16,21H,5-8H2,1-4H3,(H,22,23);8-9,11-12,21H,5-7,10H2,1-4H3,(H,22,23);2*1H4/t;11?,15-,16-,20-;;;/m.1.../s1. The Kier molecular flexibility index (Phi) is 20.4.